The molecule has 1 atom stereocenters. The molecule has 212 valence electrons. The van der Waals surface area contributed by atoms with Crippen molar-refractivity contribution in [2.24, 2.45) is 5.73 Å². The van der Waals surface area contributed by atoms with Crippen LogP contribution in [0.25, 0.3) is 0 Å². The number of hydrogen-bond acceptors (Lipinski definition) is 6. The molecule has 1 fully saturated rings. The average molecular weight is 532 g/mol. The number of primary amides is 1. The van der Waals surface area contributed by atoms with E-state index in [4.69, 9.17) is 10.5 Å². The van der Waals surface area contributed by atoms with Gasteiger partial charge in [-0.3, -0.25) is 14.4 Å². The number of likely N-dealkylation sites (tertiary alicyclic amines) is 1. The Morgan fingerprint density at radius 2 is 1.53 bits per heavy atom. The third kappa shape index (κ3) is 14.0. The molecule has 0 aromatic heterocycles. The number of carbonyl (C=O) groups is 4. The molecule has 1 aromatic carbocycles. The van der Waals surface area contributed by atoms with Crippen molar-refractivity contribution in [1.82, 2.24) is 20.9 Å². The highest BCUT2D eigenvalue weighted by atomic mass is 16.5. The Morgan fingerprint density at radius 1 is 0.842 bits per heavy atom. The van der Waals surface area contributed by atoms with Gasteiger partial charge in [0.05, 0.1) is 6.04 Å². The monoisotopic (exact) mass is 531 g/mol. The van der Waals surface area contributed by atoms with Gasteiger partial charge in [-0.15, -0.1) is 0 Å². The Bertz CT molecular complexity index is 845. The summed E-state index contributed by atoms with van der Waals surface area (Å²) in [5.41, 5.74) is 6.21. The van der Waals surface area contributed by atoms with Gasteiger partial charge in [0.15, 0.2) is 0 Å². The van der Waals surface area contributed by atoms with Gasteiger partial charge in [0.2, 0.25) is 17.7 Å². The first-order chi connectivity index (χ1) is 18.5. The number of benzene rings is 1. The molecule has 0 saturated carbocycles. The van der Waals surface area contributed by atoms with E-state index in [2.05, 4.69) is 16.0 Å². The highest BCUT2D eigenvalue weighted by Crippen LogP contribution is 2.12. The lowest BCUT2D eigenvalue weighted by Gasteiger charge is -2.24. The maximum Gasteiger partial charge on any atom is 0.407 e. The fourth-order valence-electron chi connectivity index (χ4n) is 4.34. The number of alkyl carbamates (subject to hydrolysis) is 1. The molecule has 5 N–H and O–H groups in total. The van der Waals surface area contributed by atoms with Gasteiger partial charge in [-0.25, -0.2) is 4.79 Å². The maximum atomic E-state index is 12.7. The van der Waals surface area contributed by atoms with Crippen molar-refractivity contribution in [3.63, 3.8) is 0 Å². The Kier molecular flexibility index (Phi) is 15.5. The Balaban J connectivity index is 1.42. The van der Waals surface area contributed by atoms with E-state index in [1.165, 1.54) is 0 Å². The first kappa shape index (κ1) is 31.1. The molecule has 1 unspecified atom stereocenters. The van der Waals surface area contributed by atoms with Gasteiger partial charge in [0.25, 0.3) is 0 Å². The van der Waals surface area contributed by atoms with Crippen LogP contribution in [0, 0.1) is 0 Å². The molecule has 0 radical (unpaired) electrons. The Morgan fingerprint density at radius 3 is 2.26 bits per heavy atom. The topological polar surface area (TPSA) is 143 Å². The van der Waals surface area contributed by atoms with E-state index in [0.29, 0.717) is 32.4 Å². The molecule has 4 amide bonds. The normalized spacial score (nSPS) is 13.6. The minimum atomic E-state index is -0.463. The van der Waals surface area contributed by atoms with E-state index in [-0.39, 0.29) is 36.8 Å². The second kappa shape index (κ2) is 19.0. The largest absolute Gasteiger partial charge is 0.445 e. The Hall–Kier alpha value is -3.14. The van der Waals surface area contributed by atoms with Crippen LogP contribution in [0.1, 0.15) is 76.2 Å². The second-order valence-electron chi connectivity index (χ2n) is 9.75. The van der Waals surface area contributed by atoms with Crippen LogP contribution in [0.4, 0.5) is 4.79 Å². The number of ether oxygens (including phenoxy) is 1. The van der Waals surface area contributed by atoms with E-state index >= 15 is 0 Å². The second-order valence-corrected chi connectivity index (χ2v) is 9.75. The van der Waals surface area contributed by atoms with Gasteiger partial charge in [-0.05, 0) is 50.6 Å². The van der Waals surface area contributed by atoms with Crippen LogP contribution in [-0.4, -0.2) is 67.5 Å². The van der Waals surface area contributed by atoms with E-state index in [1.807, 2.05) is 35.2 Å². The standard InChI is InChI=1S/C28H45N5O5/c29-25(34)16-15-24(27(36)33-20-9-10-21-33)30-17-8-3-1-2-7-14-26(35)31-18-11-19-32-28(37)38-22-23-12-5-4-6-13-23/h4-6,12-13,24,30H,1-3,7-11,14-22H2,(H2,29,34)(H,31,35)(H,32,37). The molecule has 38 heavy (non-hydrogen) atoms. The minimum absolute atomic E-state index is 0.0241. The molecule has 1 aliphatic heterocycles. The molecular weight excluding hydrogens is 486 g/mol. The molecule has 1 aromatic rings. The van der Waals surface area contributed by atoms with Gasteiger partial charge in [0, 0.05) is 39.0 Å². The van der Waals surface area contributed by atoms with Crippen molar-refractivity contribution in [3.05, 3.63) is 35.9 Å². The van der Waals surface area contributed by atoms with E-state index in [1.54, 1.807) is 0 Å². The van der Waals surface area contributed by atoms with E-state index in [0.717, 1.165) is 70.1 Å². The summed E-state index contributed by atoms with van der Waals surface area (Å²) >= 11 is 0. The highest BCUT2D eigenvalue weighted by molar-refractivity contribution is 5.83. The number of amides is 4. The lowest BCUT2D eigenvalue weighted by molar-refractivity contribution is -0.132. The molecule has 2 rings (SSSR count). The van der Waals surface area contributed by atoms with Gasteiger partial charge in [-0.2, -0.15) is 0 Å². The van der Waals surface area contributed by atoms with Crippen molar-refractivity contribution < 1.29 is 23.9 Å². The molecule has 0 spiro atoms. The van der Waals surface area contributed by atoms with E-state index in [9.17, 15) is 19.2 Å². The van der Waals surface area contributed by atoms with Crippen LogP contribution < -0.4 is 21.7 Å². The summed E-state index contributed by atoms with van der Waals surface area (Å²) < 4.78 is 5.14. The van der Waals surface area contributed by atoms with Gasteiger partial charge < -0.3 is 31.3 Å². The number of carbonyl (C=O) groups excluding carboxylic acids is 4. The molecule has 1 heterocycles. The molecule has 10 nitrogen and oxygen atoms in total. The quantitative estimate of drug-likeness (QED) is 0.202. The van der Waals surface area contributed by atoms with Crippen LogP contribution in [0.2, 0.25) is 0 Å². The zero-order valence-corrected chi connectivity index (χ0v) is 22.6. The summed E-state index contributed by atoms with van der Waals surface area (Å²) in [5, 5.41) is 8.88. The van der Waals surface area contributed by atoms with Crippen molar-refractivity contribution in [2.45, 2.75) is 83.3 Å². The number of nitrogens with one attached hydrogen (secondary N) is 3. The summed E-state index contributed by atoms with van der Waals surface area (Å²) in [6.07, 6.45) is 8.16. The Labute approximate surface area is 226 Å². The van der Waals surface area contributed by atoms with Crippen LogP contribution in [0.5, 0.6) is 0 Å². The maximum absolute atomic E-state index is 12.7. The van der Waals surface area contributed by atoms with Crippen LogP contribution >= 0.6 is 0 Å². The van der Waals surface area contributed by atoms with Crippen LogP contribution in [0.15, 0.2) is 30.3 Å². The fraction of sp³-hybridized carbons (Fsp3) is 0.643. The highest BCUT2D eigenvalue weighted by Gasteiger charge is 2.26. The summed E-state index contributed by atoms with van der Waals surface area (Å²) in [6, 6.07) is 9.14. The first-order valence-electron chi connectivity index (χ1n) is 14.0. The summed E-state index contributed by atoms with van der Waals surface area (Å²) in [4.78, 5) is 49.4. The van der Waals surface area contributed by atoms with Crippen molar-refractivity contribution in [2.75, 3.05) is 32.7 Å². The number of rotatable bonds is 19. The van der Waals surface area contributed by atoms with Gasteiger partial charge >= 0.3 is 6.09 Å². The van der Waals surface area contributed by atoms with Crippen LogP contribution in [-0.2, 0) is 25.7 Å². The summed E-state index contributed by atoms with van der Waals surface area (Å²) in [5.74, 6) is -0.282. The third-order valence-corrected chi connectivity index (χ3v) is 6.52. The number of hydrogen-bond donors (Lipinski definition) is 4. The number of unbranched alkanes of at least 4 members (excludes halogenated alkanes) is 4. The van der Waals surface area contributed by atoms with Gasteiger partial charge in [0.1, 0.15) is 6.61 Å². The molecular formula is C28H45N5O5. The zero-order chi connectivity index (χ0) is 27.4. The van der Waals surface area contributed by atoms with Crippen molar-refractivity contribution in [3.8, 4) is 0 Å². The lowest BCUT2D eigenvalue weighted by Crippen LogP contribution is -2.46. The molecule has 1 saturated heterocycles. The SMILES string of the molecule is NC(=O)CCC(NCCCCCCCC(=O)NCCCNC(=O)OCc1ccccc1)C(=O)N1CCCC1. The molecule has 10 heteroatoms. The number of nitrogens with zero attached hydrogens (tertiary/aromatic N) is 1. The lowest BCUT2D eigenvalue weighted by atomic mass is 10.1. The predicted octanol–water partition coefficient (Wildman–Crippen LogP) is 2.61. The first-order valence-corrected chi connectivity index (χ1v) is 14.0. The minimum Gasteiger partial charge on any atom is -0.445 e. The van der Waals surface area contributed by atoms with Crippen LogP contribution in [0.3, 0.4) is 0 Å². The molecule has 0 bridgehead atoms. The van der Waals surface area contributed by atoms with E-state index < -0.39 is 6.09 Å². The summed E-state index contributed by atoms with van der Waals surface area (Å²) in [7, 11) is 0. The molecule has 0 aliphatic carbocycles. The van der Waals surface area contributed by atoms with Crippen molar-refractivity contribution in [1.29, 1.82) is 0 Å². The molecule has 1 aliphatic rings. The average Bonchev–Trinajstić information content (AvgIpc) is 3.45. The predicted molar refractivity (Wildman–Crippen MR) is 146 cm³/mol. The zero-order valence-electron chi connectivity index (χ0n) is 22.6. The fourth-order valence-corrected chi connectivity index (χ4v) is 4.34. The number of nitrogens with two attached hydrogens (primary N) is 1. The van der Waals surface area contributed by atoms with Gasteiger partial charge in [-0.1, -0.05) is 49.6 Å². The smallest absolute Gasteiger partial charge is 0.407 e. The summed E-state index contributed by atoms with van der Waals surface area (Å²) in [6.45, 7) is 3.49. The third-order valence-electron chi connectivity index (χ3n) is 6.52. The van der Waals surface area contributed by atoms with Crippen molar-refractivity contribution >= 4 is 23.8 Å².